The number of aliphatic hydroxyl groups excluding tert-OH is 2. The number of rotatable bonds is 89. The summed E-state index contributed by atoms with van der Waals surface area (Å²) in [5.74, 6) is -1.59. The number of phosphoric acid groups is 2. The number of esters is 3. The van der Waals surface area contributed by atoms with Gasteiger partial charge in [-0.25, -0.2) is 9.13 Å². The first-order chi connectivity index (χ1) is 58.2. The van der Waals surface area contributed by atoms with Gasteiger partial charge in [-0.05, 0) is 154 Å². The van der Waals surface area contributed by atoms with Crippen LogP contribution in [0.2, 0.25) is 0 Å². The molecular formula is C101H172O16P2. The molecule has 0 aliphatic rings. The topological polar surface area (TPSA) is 231 Å². The van der Waals surface area contributed by atoms with Gasteiger partial charge in [-0.15, -0.1) is 0 Å². The molecule has 119 heavy (non-hydrogen) atoms. The van der Waals surface area contributed by atoms with Gasteiger partial charge in [-0.2, -0.15) is 0 Å². The number of ether oxygens (including phenoxy) is 3. The number of carbonyl (C=O) groups is 3. The summed E-state index contributed by atoms with van der Waals surface area (Å²) in [4.78, 5) is 59.0. The first-order valence-electron chi connectivity index (χ1n) is 47.4. The van der Waals surface area contributed by atoms with E-state index >= 15 is 0 Å². The molecule has 16 nitrogen and oxygen atoms in total. The number of hydrogen-bond acceptors (Lipinski definition) is 14. The predicted octanol–water partition coefficient (Wildman–Crippen LogP) is 29.4. The molecule has 0 bridgehead atoms. The first-order valence-corrected chi connectivity index (χ1v) is 50.4. The van der Waals surface area contributed by atoms with Crippen LogP contribution in [-0.2, 0) is 55.8 Å². The van der Waals surface area contributed by atoms with Crippen LogP contribution in [-0.4, -0.2) is 95.9 Å². The highest BCUT2D eigenvalue weighted by Crippen LogP contribution is 2.45. The minimum atomic E-state index is -4.95. The Morgan fingerprint density at radius 1 is 0.244 bits per heavy atom. The molecule has 5 atom stereocenters. The van der Waals surface area contributed by atoms with E-state index in [-0.39, 0.29) is 19.3 Å². The van der Waals surface area contributed by atoms with Crippen molar-refractivity contribution in [2.24, 2.45) is 0 Å². The van der Waals surface area contributed by atoms with E-state index in [1.165, 1.54) is 161 Å². The molecule has 0 fully saturated rings. The number of carbonyl (C=O) groups excluding carboxylic acids is 3. The summed E-state index contributed by atoms with van der Waals surface area (Å²) >= 11 is 0. The van der Waals surface area contributed by atoms with Crippen molar-refractivity contribution in [2.75, 3.05) is 39.6 Å². The van der Waals surface area contributed by atoms with E-state index in [0.717, 1.165) is 173 Å². The SMILES string of the molecule is CC/C=C\C/C=C\C/C=C\C/C=C\C/C=C\CCCCCCCCCCCCCCCCCCCC(=O)OCC(O)COP(=O)(O)OCC(O)COP(=O)(O)OCC(COC(=O)CCCCCCCCCCCCCCC/C=C\C/C=C\C/C=C\C/C=C\C/C=C\CC)OC(=O)CCCCCCC/C=C\C/C=C\C/C=C\C/C=C\CCCCC. The molecule has 0 saturated carbocycles. The highest BCUT2D eigenvalue weighted by molar-refractivity contribution is 7.47. The van der Waals surface area contributed by atoms with Gasteiger partial charge in [0.05, 0.1) is 26.4 Å². The summed E-state index contributed by atoms with van der Waals surface area (Å²) in [6.45, 7) is 2.45. The zero-order valence-electron chi connectivity index (χ0n) is 75.2. The van der Waals surface area contributed by atoms with Gasteiger partial charge in [-0.3, -0.25) is 32.5 Å². The Bertz CT molecular complexity index is 2840. The van der Waals surface area contributed by atoms with E-state index < -0.39 is 91.5 Å². The van der Waals surface area contributed by atoms with Crippen LogP contribution >= 0.6 is 15.6 Å². The second-order valence-corrected chi connectivity index (χ2v) is 34.3. The van der Waals surface area contributed by atoms with Gasteiger partial charge in [0, 0.05) is 19.3 Å². The molecule has 18 heteroatoms. The highest BCUT2D eigenvalue weighted by Gasteiger charge is 2.30. The Kier molecular flexibility index (Phi) is 88.2. The smallest absolute Gasteiger partial charge is 0.463 e. The summed E-state index contributed by atoms with van der Waals surface area (Å²) in [6.07, 6.45) is 120. The Balaban J connectivity index is 4.57. The lowest BCUT2D eigenvalue weighted by Crippen LogP contribution is -2.30. The van der Waals surface area contributed by atoms with Crippen LogP contribution in [0.3, 0.4) is 0 Å². The molecule has 0 saturated heterocycles. The maximum Gasteiger partial charge on any atom is 0.472 e. The number of hydrogen-bond donors (Lipinski definition) is 4. The van der Waals surface area contributed by atoms with Gasteiger partial charge in [0.25, 0.3) is 0 Å². The van der Waals surface area contributed by atoms with E-state index in [4.69, 9.17) is 32.3 Å². The van der Waals surface area contributed by atoms with Crippen molar-refractivity contribution in [1.82, 2.24) is 0 Å². The van der Waals surface area contributed by atoms with Gasteiger partial charge in [0.1, 0.15) is 25.4 Å². The molecule has 0 aromatic heterocycles. The zero-order chi connectivity index (χ0) is 86.5. The van der Waals surface area contributed by atoms with Crippen LogP contribution in [0.1, 0.15) is 393 Å². The Hall–Kier alpha value is -5.09. The van der Waals surface area contributed by atoms with Crippen molar-refractivity contribution >= 4 is 33.6 Å². The van der Waals surface area contributed by atoms with Gasteiger partial charge in [0.2, 0.25) is 0 Å². The van der Waals surface area contributed by atoms with Gasteiger partial charge < -0.3 is 34.2 Å². The number of phosphoric ester groups is 2. The molecule has 0 amide bonds. The molecule has 0 aliphatic carbocycles. The van der Waals surface area contributed by atoms with Gasteiger partial charge in [-0.1, -0.05) is 390 Å². The predicted molar refractivity (Wildman–Crippen MR) is 500 cm³/mol. The molecule has 5 unspecified atom stereocenters. The van der Waals surface area contributed by atoms with Crippen LogP contribution < -0.4 is 0 Å². The second-order valence-electron chi connectivity index (χ2n) is 31.4. The Morgan fingerprint density at radius 3 is 0.706 bits per heavy atom. The lowest BCUT2D eigenvalue weighted by atomic mass is 10.0. The minimum Gasteiger partial charge on any atom is -0.463 e. The van der Waals surface area contributed by atoms with Crippen LogP contribution in [0.5, 0.6) is 0 Å². The van der Waals surface area contributed by atoms with E-state index in [0.29, 0.717) is 19.3 Å². The molecule has 0 aromatic carbocycles. The maximum absolute atomic E-state index is 13.1. The van der Waals surface area contributed by atoms with E-state index in [1.54, 1.807) is 0 Å². The number of unbranched alkanes of at least 4 members (excludes halogenated alkanes) is 38. The van der Waals surface area contributed by atoms with E-state index in [1.807, 2.05) is 0 Å². The Morgan fingerprint density at radius 2 is 0.445 bits per heavy atom. The molecule has 0 rings (SSSR count). The molecule has 0 heterocycles. The molecular weight excluding hydrogens is 1530 g/mol. The van der Waals surface area contributed by atoms with E-state index in [2.05, 4.69) is 191 Å². The lowest BCUT2D eigenvalue weighted by molar-refractivity contribution is -0.161. The molecule has 682 valence electrons. The van der Waals surface area contributed by atoms with Crippen molar-refractivity contribution in [3.05, 3.63) is 170 Å². The van der Waals surface area contributed by atoms with Crippen molar-refractivity contribution < 1.29 is 75.8 Å². The third-order valence-electron chi connectivity index (χ3n) is 19.9. The minimum absolute atomic E-state index is 0.0801. The van der Waals surface area contributed by atoms with Gasteiger partial charge >= 0.3 is 33.6 Å². The fourth-order valence-electron chi connectivity index (χ4n) is 12.8. The van der Waals surface area contributed by atoms with Crippen molar-refractivity contribution in [3.8, 4) is 0 Å². The van der Waals surface area contributed by atoms with Gasteiger partial charge in [0.15, 0.2) is 6.10 Å². The average Bonchev–Trinajstić information content (AvgIpc) is 0.902. The summed E-state index contributed by atoms with van der Waals surface area (Å²) in [5.41, 5.74) is 0. The second kappa shape index (κ2) is 92.1. The fraction of sp³-hybridized carbons (Fsp3) is 0.693. The molecule has 0 radical (unpaired) electrons. The number of aliphatic hydroxyl groups is 2. The van der Waals surface area contributed by atoms with E-state index in [9.17, 15) is 43.5 Å². The normalized spacial score (nSPS) is 14.5. The summed E-state index contributed by atoms with van der Waals surface area (Å²) in [7, 11) is -9.82. The Labute approximate surface area is 726 Å². The summed E-state index contributed by atoms with van der Waals surface area (Å²) in [5, 5.41) is 20.8. The summed E-state index contributed by atoms with van der Waals surface area (Å²) < 4.78 is 61.5. The third-order valence-corrected chi connectivity index (χ3v) is 21.8. The summed E-state index contributed by atoms with van der Waals surface area (Å²) in [6, 6.07) is 0. The zero-order valence-corrected chi connectivity index (χ0v) is 77.0. The standard InChI is InChI=1S/C101H172O16P2/c1-4-7-10-13-16-19-22-25-28-31-34-37-39-41-43-45-46-47-48-50-52-53-55-58-60-63-66-69-72-75-78-81-84-87-99(104)111-90-96(102)91-113-118(107,108)114-92-97(103)93-115-119(109,110)116-95-98(117-101(106)89-86-83-80-77-74-71-68-65-62-57-36-33-30-27-24-21-18-15-12-9-6-3)94-112-100(105)88-85-82-79-76-73-70-67-64-61-59-56-54-51-49-44-42-40-38-35-32-29-26-23-20-17-14-11-8-5-2/h7-8,10-11,16-21,25-30,34-38,41-44,57,65,68,96-98,102-103H,4-6,9,12-15,22-24,31-33,39-40,45-56,58-64,66-67,69-95H2,1-3H3,(H,107,108)(H,109,110)/b10-7-,11-8-,19-16-,20-17-,21-18-,28-25-,29-26-,30-27-,37-34-,38-35-,43-41-,44-42-,57-36-,68-65-. The quantitative estimate of drug-likeness (QED) is 0.0146. The van der Waals surface area contributed by atoms with Crippen molar-refractivity contribution in [3.63, 3.8) is 0 Å². The molecule has 0 spiro atoms. The molecule has 4 N–H and O–H groups in total. The third kappa shape index (κ3) is 93.5. The van der Waals surface area contributed by atoms with Crippen molar-refractivity contribution in [2.45, 2.75) is 411 Å². The largest absolute Gasteiger partial charge is 0.472 e. The van der Waals surface area contributed by atoms with Crippen LogP contribution in [0, 0.1) is 0 Å². The van der Waals surface area contributed by atoms with Crippen molar-refractivity contribution in [1.29, 1.82) is 0 Å². The fourth-order valence-corrected chi connectivity index (χ4v) is 14.4. The average molecular weight is 1700 g/mol. The van der Waals surface area contributed by atoms with Crippen LogP contribution in [0.25, 0.3) is 0 Å². The molecule has 0 aromatic rings. The highest BCUT2D eigenvalue weighted by atomic mass is 31.2. The first kappa shape index (κ1) is 114. The van der Waals surface area contributed by atoms with Crippen LogP contribution in [0.4, 0.5) is 0 Å². The van der Waals surface area contributed by atoms with Crippen LogP contribution in [0.15, 0.2) is 170 Å². The number of allylic oxidation sites excluding steroid dienone is 28. The lowest BCUT2D eigenvalue weighted by Gasteiger charge is -2.21. The molecule has 0 aliphatic heterocycles. The maximum atomic E-state index is 13.1. The monoisotopic (exact) mass is 1700 g/mol.